The van der Waals surface area contributed by atoms with E-state index in [4.69, 9.17) is 4.98 Å². The summed E-state index contributed by atoms with van der Waals surface area (Å²) in [6.45, 7) is 6.35. The molecule has 6 nitrogen and oxygen atoms in total. The summed E-state index contributed by atoms with van der Waals surface area (Å²) in [5.74, 6) is 1.70. The number of nitrogens with one attached hydrogen (secondary N) is 2. The molecule has 1 aliphatic rings. The van der Waals surface area contributed by atoms with Gasteiger partial charge in [-0.2, -0.15) is 15.1 Å². The standard InChI is InChI=1S/C14H22N6/c1-3-7-15-14-17-12-11(9-16-19-12)13(18-14)20-8-5-4-6-10(20)2/h9-10H,3-8H2,1-2H3,(H2,15,16,17,18,19). The highest BCUT2D eigenvalue weighted by molar-refractivity contribution is 5.87. The first-order valence-corrected chi connectivity index (χ1v) is 7.51. The highest BCUT2D eigenvalue weighted by Crippen LogP contribution is 2.29. The van der Waals surface area contributed by atoms with E-state index in [0.29, 0.717) is 12.0 Å². The molecule has 1 saturated heterocycles. The van der Waals surface area contributed by atoms with E-state index in [-0.39, 0.29) is 0 Å². The molecule has 0 amide bonds. The Balaban J connectivity index is 2.00. The molecule has 0 aromatic carbocycles. The maximum absolute atomic E-state index is 4.73. The largest absolute Gasteiger partial charge is 0.354 e. The molecule has 1 aliphatic heterocycles. The predicted molar refractivity (Wildman–Crippen MR) is 81.1 cm³/mol. The minimum atomic E-state index is 0.524. The van der Waals surface area contributed by atoms with Crippen LogP contribution >= 0.6 is 0 Å². The zero-order chi connectivity index (χ0) is 13.9. The molecule has 1 unspecified atom stereocenters. The molecule has 2 aromatic rings. The van der Waals surface area contributed by atoms with Gasteiger partial charge in [-0.25, -0.2) is 0 Å². The Morgan fingerprint density at radius 3 is 3.10 bits per heavy atom. The molecule has 1 fully saturated rings. The lowest BCUT2D eigenvalue weighted by molar-refractivity contribution is 0.482. The summed E-state index contributed by atoms with van der Waals surface area (Å²) in [4.78, 5) is 11.6. The van der Waals surface area contributed by atoms with Crippen LogP contribution in [0.25, 0.3) is 11.0 Å². The van der Waals surface area contributed by atoms with E-state index in [1.54, 1.807) is 0 Å². The molecule has 108 valence electrons. The van der Waals surface area contributed by atoms with Crippen LogP contribution in [0.2, 0.25) is 0 Å². The van der Waals surface area contributed by atoms with Crippen LogP contribution < -0.4 is 10.2 Å². The van der Waals surface area contributed by atoms with Crippen LogP contribution in [-0.4, -0.2) is 39.3 Å². The van der Waals surface area contributed by atoms with Crippen molar-refractivity contribution in [3.63, 3.8) is 0 Å². The summed E-state index contributed by atoms with van der Waals surface area (Å²) in [5.41, 5.74) is 0.811. The van der Waals surface area contributed by atoms with Gasteiger partial charge in [-0.3, -0.25) is 5.10 Å². The summed E-state index contributed by atoms with van der Waals surface area (Å²) >= 11 is 0. The molecule has 20 heavy (non-hydrogen) atoms. The molecule has 3 rings (SSSR count). The van der Waals surface area contributed by atoms with Gasteiger partial charge < -0.3 is 10.2 Å². The van der Waals surface area contributed by atoms with Crippen molar-refractivity contribution in [2.45, 2.75) is 45.6 Å². The number of hydrogen-bond acceptors (Lipinski definition) is 5. The molecule has 3 heterocycles. The smallest absolute Gasteiger partial charge is 0.226 e. The minimum Gasteiger partial charge on any atom is -0.354 e. The summed E-state index contributed by atoms with van der Waals surface area (Å²) in [6, 6.07) is 0.524. The second kappa shape index (κ2) is 5.64. The van der Waals surface area contributed by atoms with Gasteiger partial charge in [0.1, 0.15) is 5.82 Å². The monoisotopic (exact) mass is 274 g/mol. The Morgan fingerprint density at radius 1 is 1.40 bits per heavy atom. The van der Waals surface area contributed by atoms with Gasteiger partial charge in [0, 0.05) is 19.1 Å². The van der Waals surface area contributed by atoms with Crippen LogP contribution in [0.4, 0.5) is 11.8 Å². The highest BCUT2D eigenvalue weighted by Gasteiger charge is 2.23. The lowest BCUT2D eigenvalue weighted by Crippen LogP contribution is -2.38. The van der Waals surface area contributed by atoms with Gasteiger partial charge in [-0.1, -0.05) is 6.92 Å². The molecule has 0 radical (unpaired) electrons. The van der Waals surface area contributed by atoms with E-state index in [1.807, 2.05) is 6.20 Å². The molecular weight excluding hydrogens is 252 g/mol. The van der Waals surface area contributed by atoms with Gasteiger partial charge in [0.25, 0.3) is 0 Å². The van der Waals surface area contributed by atoms with Crippen LogP contribution in [-0.2, 0) is 0 Å². The zero-order valence-electron chi connectivity index (χ0n) is 12.2. The molecule has 2 N–H and O–H groups in total. The number of H-pyrrole nitrogens is 1. The van der Waals surface area contributed by atoms with Gasteiger partial charge in [0.15, 0.2) is 5.65 Å². The van der Waals surface area contributed by atoms with Crippen molar-refractivity contribution in [2.24, 2.45) is 0 Å². The lowest BCUT2D eigenvalue weighted by atomic mass is 10.0. The molecule has 0 spiro atoms. The Kier molecular flexibility index (Phi) is 3.71. The topological polar surface area (TPSA) is 69.7 Å². The fourth-order valence-electron chi connectivity index (χ4n) is 2.77. The van der Waals surface area contributed by atoms with E-state index < -0.39 is 0 Å². The third kappa shape index (κ3) is 2.42. The van der Waals surface area contributed by atoms with Gasteiger partial charge in [-0.05, 0) is 32.6 Å². The molecule has 0 saturated carbocycles. The Bertz CT molecular complexity index is 578. The maximum atomic E-state index is 4.73. The van der Waals surface area contributed by atoms with Gasteiger partial charge >= 0.3 is 0 Å². The second-order valence-corrected chi connectivity index (χ2v) is 5.47. The second-order valence-electron chi connectivity index (χ2n) is 5.47. The first-order chi connectivity index (χ1) is 9.79. The van der Waals surface area contributed by atoms with E-state index in [0.717, 1.165) is 36.4 Å². The number of hydrogen-bond donors (Lipinski definition) is 2. The van der Waals surface area contributed by atoms with Crippen molar-refractivity contribution in [2.75, 3.05) is 23.3 Å². The van der Waals surface area contributed by atoms with Crippen molar-refractivity contribution in [1.29, 1.82) is 0 Å². The van der Waals surface area contributed by atoms with Crippen LogP contribution in [0.15, 0.2) is 6.20 Å². The molecule has 0 aliphatic carbocycles. The van der Waals surface area contributed by atoms with Gasteiger partial charge in [0.2, 0.25) is 5.95 Å². The van der Waals surface area contributed by atoms with Crippen molar-refractivity contribution in [3.05, 3.63) is 6.20 Å². The number of aromatic amines is 1. The Hall–Kier alpha value is -1.85. The minimum absolute atomic E-state index is 0.524. The number of rotatable bonds is 4. The van der Waals surface area contributed by atoms with Crippen LogP contribution in [0.1, 0.15) is 39.5 Å². The normalized spacial score (nSPS) is 19.5. The summed E-state index contributed by atoms with van der Waals surface area (Å²) in [7, 11) is 0. The number of anilines is 2. The fourth-order valence-corrected chi connectivity index (χ4v) is 2.77. The fraction of sp³-hybridized carbons (Fsp3) is 0.643. The molecule has 6 heteroatoms. The summed E-state index contributed by atoms with van der Waals surface area (Å²) < 4.78 is 0. The molecule has 0 bridgehead atoms. The van der Waals surface area contributed by atoms with Crippen molar-refractivity contribution < 1.29 is 0 Å². The van der Waals surface area contributed by atoms with Gasteiger partial charge in [-0.15, -0.1) is 0 Å². The number of aromatic nitrogens is 4. The first kappa shape index (κ1) is 13.1. The van der Waals surface area contributed by atoms with E-state index in [2.05, 4.69) is 39.2 Å². The number of fused-ring (bicyclic) bond motifs is 1. The van der Waals surface area contributed by atoms with E-state index in [1.165, 1.54) is 19.3 Å². The molecular formula is C14H22N6. The molecule has 2 aromatic heterocycles. The molecule has 1 atom stereocenters. The predicted octanol–water partition coefficient (Wildman–Crippen LogP) is 2.55. The third-order valence-corrected chi connectivity index (χ3v) is 3.90. The maximum Gasteiger partial charge on any atom is 0.226 e. The number of nitrogens with zero attached hydrogens (tertiary/aromatic N) is 4. The highest BCUT2D eigenvalue weighted by atomic mass is 15.3. The van der Waals surface area contributed by atoms with E-state index in [9.17, 15) is 0 Å². The Labute approximate surface area is 119 Å². The van der Waals surface area contributed by atoms with E-state index >= 15 is 0 Å². The number of piperidine rings is 1. The lowest BCUT2D eigenvalue weighted by Gasteiger charge is -2.34. The van der Waals surface area contributed by atoms with Crippen molar-refractivity contribution >= 4 is 22.8 Å². The quantitative estimate of drug-likeness (QED) is 0.896. The SMILES string of the molecule is CCCNc1nc(N2CCCCC2C)c2cn[nH]c2n1. The third-order valence-electron chi connectivity index (χ3n) is 3.90. The zero-order valence-corrected chi connectivity index (χ0v) is 12.2. The van der Waals surface area contributed by atoms with Gasteiger partial charge in [0.05, 0.1) is 11.6 Å². The van der Waals surface area contributed by atoms with Crippen LogP contribution in [0, 0.1) is 0 Å². The van der Waals surface area contributed by atoms with Crippen LogP contribution in [0.5, 0.6) is 0 Å². The average Bonchev–Trinajstić information content (AvgIpc) is 2.93. The van der Waals surface area contributed by atoms with Crippen molar-refractivity contribution in [1.82, 2.24) is 20.2 Å². The summed E-state index contributed by atoms with van der Waals surface area (Å²) in [6.07, 6.45) is 6.64. The first-order valence-electron chi connectivity index (χ1n) is 7.51. The Morgan fingerprint density at radius 2 is 2.30 bits per heavy atom. The van der Waals surface area contributed by atoms with Crippen LogP contribution in [0.3, 0.4) is 0 Å². The summed E-state index contributed by atoms with van der Waals surface area (Å²) in [5, 5.41) is 11.4. The average molecular weight is 274 g/mol. The van der Waals surface area contributed by atoms with Crippen molar-refractivity contribution in [3.8, 4) is 0 Å².